The maximum atomic E-state index is 12.7. The number of benzene rings is 2. The van der Waals surface area contributed by atoms with Crippen LogP contribution in [0, 0.1) is 0 Å². The Morgan fingerprint density at radius 2 is 1.75 bits per heavy atom. The van der Waals surface area contributed by atoms with Crippen LogP contribution in [0.25, 0.3) is 0 Å². The number of nitrogens with zero attached hydrogens (tertiary/aromatic N) is 1. The first-order chi connectivity index (χ1) is 13.4. The number of halogens is 1. The number of nitrogens with one attached hydrogen (secondary N) is 2. The lowest BCUT2D eigenvalue weighted by Gasteiger charge is -2.18. The molecule has 0 atom stereocenters. The van der Waals surface area contributed by atoms with Gasteiger partial charge in [0.2, 0.25) is 5.91 Å². The van der Waals surface area contributed by atoms with Crippen LogP contribution in [0.4, 0.5) is 11.4 Å². The molecule has 0 saturated carbocycles. The summed E-state index contributed by atoms with van der Waals surface area (Å²) >= 11 is 6.10. The molecule has 6 heteroatoms. The van der Waals surface area contributed by atoms with Crippen molar-refractivity contribution in [2.24, 2.45) is 0 Å². The zero-order valence-electron chi connectivity index (χ0n) is 16.3. The van der Waals surface area contributed by atoms with E-state index in [9.17, 15) is 9.59 Å². The third-order valence-electron chi connectivity index (χ3n) is 4.91. The fourth-order valence-corrected chi connectivity index (χ4v) is 3.44. The Hall–Kier alpha value is -2.53. The second-order valence-corrected chi connectivity index (χ2v) is 7.80. The molecule has 1 heterocycles. The fourth-order valence-electron chi connectivity index (χ4n) is 3.27. The molecule has 0 aliphatic carbocycles. The average Bonchev–Trinajstić information content (AvgIpc) is 3.21. The zero-order chi connectivity index (χ0) is 20.1. The molecular formula is C22H26ClN3O2. The van der Waals surface area contributed by atoms with Gasteiger partial charge in [-0.15, -0.1) is 0 Å². The molecule has 1 aliphatic rings. The molecule has 0 spiro atoms. The Labute approximate surface area is 171 Å². The zero-order valence-corrected chi connectivity index (χ0v) is 17.1. The minimum Gasteiger partial charge on any atom is -0.375 e. The minimum absolute atomic E-state index is 0.0265. The van der Waals surface area contributed by atoms with Gasteiger partial charge >= 0.3 is 0 Å². The number of rotatable bonds is 6. The molecule has 28 heavy (non-hydrogen) atoms. The van der Waals surface area contributed by atoms with Crippen LogP contribution in [0.1, 0.15) is 48.5 Å². The molecule has 5 nitrogen and oxygen atoms in total. The number of carbonyl (C=O) groups excluding carboxylic acids is 2. The summed E-state index contributed by atoms with van der Waals surface area (Å²) in [7, 11) is 0. The Bertz CT molecular complexity index is 843. The van der Waals surface area contributed by atoms with Crippen molar-refractivity contribution in [2.75, 3.05) is 30.3 Å². The highest BCUT2D eigenvalue weighted by Gasteiger charge is 2.22. The maximum absolute atomic E-state index is 12.7. The van der Waals surface area contributed by atoms with E-state index in [2.05, 4.69) is 24.5 Å². The van der Waals surface area contributed by atoms with E-state index in [0.717, 1.165) is 31.6 Å². The van der Waals surface area contributed by atoms with Gasteiger partial charge in [0.05, 0.1) is 12.1 Å². The molecule has 0 aromatic heterocycles. The number of carbonyl (C=O) groups is 2. The lowest BCUT2D eigenvalue weighted by atomic mass is 10.0. The monoisotopic (exact) mass is 399 g/mol. The van der Waals surface area contributed by atoms with Gasteiger partial charge < -0.3 is 15.5 Å². The molecule has 2 aromatic rings. The van der Waals surface area contributed by atoms with E-state index < -0.39 is 0 Å². The van der Waals surface area contributed by atoms with Crippen molar-refractivity contribution in [3.63, 3.8) is 0 Å². The molecule has 1 fully saturated rings. The molecule has 0 unspecified atom stereocenters. The van der Waals surface area contributed by atoms with Gasteiger partial charge in [-0.25, -0.2) is 0 Å². The smallest absolute Gasteiger partial charge is 0.255 e. The van der Waals surface area contributed by atoms with Crippen molar-refractivity contribution in [3.05, 3.63) is 58.6 Å². The van der Waals surface area contributed by atoms with Crippen LogP contribution in [0.3, 0.4) is 0 Å². The summed E-state index contributed by atoms with van der Waals surface area (Å²) in [6, 6.07) is 12.9. The highest BCUT2D eigenvalue weighted by atomic mass is 35.5. The fraction of sp³-hybridized carbons (Fsp3) is 0.364. The molecule has 2 amide bonds. The molecule has 148 valence electrons. The van der Waals surface area contributed by atoms with Gasteiger partial charge in [-0.05, 0) is 54.7 Å². The summed E-state index contributed by atoms with van der Waals surface area (Å²) in [6.45, 7) is 5.85. The van der Waals surface area contributed by atoms with E-state index in [0.29, 0.717) is 22.2 Å². The number of hydrogen-bond donors (Lipinski definition) is 2. The van der Waals surface area contributed by atoms with Crippen molar-refractivity contribution < 1.29 is 9.59 Å². The van der Waals surface area contributed by atoms with Crippen LogP contribution in [-0.4, -0.2) is 36.3 Å². The molecule has 1 aliphatic heterocycles. The molecule has 2 N–H and O–H groups in total. The van der Waals surface area contributed by atoms with Gasteiger partial charge in [-0.3, -0.25) is 9.59 Å². The SMILES string of the molecule is CC(C)c1ccc(NC(=O)CNc2cc(Cl)ccc2C(=O)N2CCCC2)cc1. The Morgan fingerprint density at radius 3 is 2.39 bits per heavy atom. The van der Waals surface area contributed by atoms with E-state index in [1.54, 1.807) is 18.2 Å². The molecular weight excluding hydrogens is 374 g/mol. The summed E-state index contributed by atoms with van der Waals surface area (Å²) in [5.41, 5.74) is 3.09. The number of likely N-dealkylation sites (tertiary alicyclic amines) is 1. The van der Waals surface area contributed by atoms with E-state index in [1.165, 1.54) is 5.56 Å². The quantitative estimate of drug-likeness (QED) is 0.736. The van der Waals surface area contributed by atoms with Gasteiger partial charge in [0, 0.05) is 29.5 Å². The largest absolute Gasteiger partial charge is 0.375 e. The van der Waals surface area contributed by atoms with Gasteiger partial charge in [-0.2, -0.15) is 0 Å². The van der Waals surface area contributed by atoms with Crippen LogP contribution in [0.5, 0.6) is 0 Å². The molecule has 0 bridgehead atoms. The number of amides is 2. The molecule has 3 rings (SSSR count). The predicted octanol–water partition coefficient (Wildman–Crippen LogP) is 4.75. The lowest BCUT2D eigenvalue weighted by Crippen LogP contribution is -2.29. The van der Waals surface area contributed by atoms with Gasteiger partial charge in [0.15, 0.2) is 0 Å². The van der Waals surface area contributed by atoms with Gasteiger partial charge in [0.1, 0.15) is 0 Å². The van der Waals surface area contributed by atoms with E-state index in [1.807, 2.05) is 29.2 Å². The summed E-state index contributed by atoms with van der Waals surface area (Å²) in [6.07, 6.45) is 2.06. The van der Waals surface area contributed by atoms with Crippen LogP contribution in [0.2, 0.25) is 5.02 Å². The van der Waals surface area contributed by atoms with Crippen LogP contribution >= 0.6 is 11.6 Å². The third-order valence-corrected chi connectivity index (χ3v) is 5.14. The minimum atomic E-state index is -0.183. The standard InChI is InChI=1S/C22H26ClN3O2/c1-15(2)16-5-8-18(9-6-16)25-21(27)14-24-20-13-17(23)7-10-19(20)22(28)26-11-3-4-12-26/h5-10,13,15,24H,3-4,11-12,14H2,1-2H3,(H,25,27). The van der Waals surface area contributed by atoms with Crippen LogP contribution in [-0.2, 0) is 4.79 Å². The normalized spacial score (nSPS) is 13.6. The first-order valence-corrected chi connectivity index (χ1v) is 10.0. The summed E-state index contributed by atoms with van der Waals surface area (Å²) < 4.78 is 0. The number of hydrogen-bond acceptors (Lipinski definition) is 3. The van der Waals surface area contributed by atoms with Crippen molar-refractivity contribution in [1.82, 2.24) is 4.90 Å². The lowest BCUT2D eigenvalue weighted by molar-refractivity contribution is -0.114. The number of anilines is 2. The first-order valence-electron chi connectivity index (χ1n) is 9.66. The Balaban J connectivity index is 1.64. The van der Waals surface area contributed by atoms with Crippen molar-refractivity contribution in [2.45, 2.75) is 32.6 Å². The topological polar surface area (TPSA) is 61.4 Å². The second-order valence-electron chi connectivity index (χ2n) is 7.37. The summed E-state index contributed by atoms with van der Waals surface area (Å²) in [5.74, 6) is 0.235. The highest BCUT2D eigenvalue weighted by Crippen LogP contribution is 2.24. The summed E-state index contributed by atoms with van der Waals surface area (Å²) in [4.78, 5) is 26.9. The van der Waals surface area contributed by atoms with Crippen molar-refractivity contribution in [3.8, 4) is 0 Å². The molecule has 1 saturated heterocycles. The predicted molar refractivity (Wildman–Crippen MR) is 114 cm³/mol. The Kier molecular flexibility index (Phi) is 6.57. The Morgan fingerprint density at radius 1 is 1.07 bits per heavy atom. The van der Waals surface area contributed by atoms with Gasteiger partial charge in [0.25, 0.3) is 5.91 Å². The maximum Gasteiger partial charge on any atom is 0.255 e. The van der Waals surface area contributed by atoms with Crippen LogP contribution < -0.4 is 10.6 Å². The average molecular weight is 400 g/mol. The third kappa shape index (κ3) is 5.04. The van der Waals surface area contributed by atoms with Crippen molar-refractivity contribution >= 4 is 34.8 Å². The van der Waals surface area contributed by atoms with E-state index in [-0.39, 0.29) is 18.4 Å². The molecule has 2 aromatic carbocycles. The van der Waals surface area contributed by atoms with Crippen molar-refractivity contribution in [1.29, 1.82) is 0 Å². The molecule has 0 radical (unpaired) electrons. The first kappa shape index (κ1) is 20.2. The second kappa shape index (κ2) is 9.11. The van der Waals surface area contributed by atoms with E-state index in [4.69, 9.17) is 11.6 Å². The van der Waals surface area contributed by atoms with Crippen LogP contribution in [0.15, 0.2) is 42.5 Å². The highest BCUT2D eigenvalue weighted by molar-refractivity contribution is 6.31. The van der Waals surface area contributed by atoms with E-state index >= 15 is 0 Å². The summed E-state index contributed by atoms with van der Waals surface area (Å²) in [5, 5.41) is 6.45. The van der Waals surface area contributed by atoms with Gasteiger partial charge in [-0.1, -0.05) is 37.6 Å².